The van der Waals surface area contributed by atoms with Gasteiger partial charge in [-0.05, 0) is 56.7 Å². The molecule has 0 unspecified atom stereocenters. The summed E-state index contributed by atoms with van der Waals surface area (Å²) in [5.41, 5.74) is 12.3. The summed E-state index contributed by atoms with van der Waals surface area (Å²) in [6.45, 7) is 6.62. The predicted molar refractivity (Wildman–Crippen MR) is 74.4 cm³/mol. The second-order valence-electron chi connectivity index (χ2n) is 5.98. The third kappa shape index (κ3) is 2.90. The van der Waals surface area contributed by atoms with E-state index in [2.05, 4.69) is 32.9 Å². The minimum absolute atomic E-state index is 0.0586. The second-order valence-corrected chi connectivity index (χ2v) is 5.98. The van der Waals surface area contributed by atoms with Gasteiger partial charge in [0.05, 0.1) is 0 Å². The van der Waals surface area contributed by atoms with Crippen LogP contribution < -0.4 is 5.73 Å². The van der Waals surface area contributed by atoms with Gasteiger partial charge in [0.1, 0.15) is 0 Å². The molecule has 0 spiro atoms. The summed E-state index contributed by atoms with van der Waals surface area (Å²) in [5.74, 6) is 0. The first-order valence-corrected chi connectivity index (χ1v) is 6.86. The van der Waals surface area contributed by atoms with Gasteiger partial charge < -0.3 is 5.73 Å². The minimum atomic E-state index is 0.0586. The summed E-state index contributed by atoms with van der Waals surface area (Å²) in [7, 11) is 0. The van der Waals surface area contributed by atoms with Crippen molar-refractivity contribution < 1.29 is 0 Å². The highest BCUT2D eigenvalue weighted by Crippen LogP contribution is 2.31. The second kappa shape index (κ2) is 4.81. The highest BCUT2D eigenvalue weighted by Gasteiger charge is 2.28. The van der Waals surface area contributed by atoms with E-state index < -0.39 is 0 Å². The van der Waals surface area contributed by atoms with Crippen molar-refractivity contribution in [2.24, 2.45) is 5.73 Å². The van der Waals surface area contributed by atoms with Crippen LogP contribution in [0.15, 0.2) is 12.1 Å². The minimum Gasteiger partial charge on any atom is -0.325 e. The van der Waals surface area contributed by atoms with Gasteiger partial charge in [-0.2, -0.15) is 0 Å². The molecule has 0 atom stereocenters. The largest absolute Gasteiger partial charge is 0.325 e. The zero-order valence-electron chi connectivity index (χ0n) is 11.5. The van der Waals surface area contributed by atoms with Gasteiger partial charge in [0.25, 0.3) is 0 Å². The lowest BCUT2D eigenvalue weighted by molar-refractivity contribution is 0.293. The molecule has 1 aromatic rings. The molecule has 0 amide bonds. The van der Waals surface area contributed by atoms with Crippen LogP contribution in [0.1, 0.15) is 54.4 Å². The van der Waals surface area contributed by atoms with E-state index >= 15 is 0 Å². The first-order chi connectivity index (χ1) is 8.00. The molecule has 2 rings (SSSR count). The maximum atomic E-state index is 6.57. The van der Waals surface area contributed by atoms with Gasteiger partial charge in [-0.15, -0.1) is 0 Å². The van der Waals surface area contributed by atoms with E-state index in [1.54, 1.807) is 0 Å². The van der Waals surface area contributed by atoms with Crippen LogP contribution in [0, 0.1) is 20.8 Å². The molecule has 0 aliphatic heterocycles. The molecule has 2 N–H and O–H groups in total. The quantitative estimate of drug-likeness (QED) is 0.823. The van der Waals surface area contributed by atoms with Gasteiger partial charge in [0.15, 0.2) is 0 Å². The number of hydrogen-bond acceptors (Lipinski definition) is 1. The molecule has 17 heavy (non-hydrogen) atoms. The molecule has 1 fully saturated rings. The maximum Gasteiger partial charge on any atom is 0.0195 e. The first kappa shape index (κ1) is 12.6. The Balaban J connectivity index is 2.23. The fraction of sp³-hybridized carbons (Fsp3) is 0.625. The van der Waals surface area contributed by atoms with Crippen molar-refractivity contribution in [2.75, 3.05) is 0 Å². The van der Waals surface area contributed by atoms with Crippen molar-refractivity contribution in [3.05, 3.63) is 34.4 Å². The van der Waals surface area contributed by atoms with Crippen molar-refractivity contribution in [1.29, 1.82) is 0 Å². The van der Waals surface area contributed by atoms with Crippen LogP contribution in [0.5, 0.6) is 0 Å². The molecular weight excluding hydrogens is 206 g/mol. The molecule has 0 radical (unpaired) electrons. The van der Waals surface area contributed by atoms with E-state index in [9.17, 15) is 0 Å². The van der Waals surface area contributed by atoms with Gasteiger partial charge in [-0.3, -0.25) is 0 Å². The molecule has 1 aliphatic rings. The fourth-order valence-electron chi connectivity index (χ4n) is 3.27. The van der Waals surface area contributed by atoms with Crippen LogP contribution in [0.2, 0.25) is 0 Å². The third-order valence-electron chi connectivity index (χ3n) is 4.22. The Morgan fingerprint density at radius 2 is 1.53 bits per heavy atom. The van der Waals surface area contributed by atoms with Crippen LogP contribution in [0.3, 0.4) is 0 Å². The monoisotopic (exact) mass is 231 g/mol. The average Bonchev–Trinajstić information content (AvgIpc) is 2.24. The van der Waals surface area contributed by atoms with Crippen LogP contribution in [0.25, 0.3) is 0 Å². The normalized spacial score (nSPS) is 19.3. The molecule has 1 aliphatic carbocycles. The summed E-state index contributed by atoms with van der Waals surface area (Å²) in [6, 6.07) is 4.57. The van der Waals surface area contributed by atoms with Gasteiger partial charge >= 0.3 is 0 Å². The van der Waals surface area contributed by atoms with Crippen molar-refractivity contribution >= 4 is 0 Å². The molecule has 0 heterocycles. The number of aryl methyl sites for hydroxylation is 3. The zero-order chi connectivity index (χ0) is 12.5. The van der Waals surface area contributed by atoms with E-state index in [-0.39, 0.29) is 5.54 Å². The number of nitrogens with two attached hydrogens (primary N) is 1. The maximum absolute atomic E-state index is 6.57. The third-order valence-corrected chi connectivity index (χ3v) is 4.22. The fourth-order valence-corrected chi connectivity index (χ4v) is 3.27. The molecule has 1 aromatic carbocycles. The smallest absolute Gasteiger partial charge is 0.0195 e. The van der Waals surface area contributed by atoms with E-state index in [0.29, 0.717) is 0 Å². The molecule has 0 bridgehead atoms. The summed E-state index contributed by atoms with van der Waals surface area (Å²) >= 11 is 0. The van der Waals surface area contributed by atoms with E-state index in [4.69, 9.17) is 5.73 Å². The Labute approximate surface area is 105 Å². The van der Waals surface area contributed by atoms with Crippen LogP contribution in [-0.4, -0.2) is 5.54 Å². The Kier molecular flexibility index (Phi) is 3.58. The van der Waals surface area contributed by atoms with E-state index in [1.807, 2.05) is 0 Å². The highest BCUT2D eigenvalue weighted by molar-refractivity contribution is 5.38. The Morgan fingerprint density at radius 1 is 1.00 bits per heavy atom. The van der Waals surface area contributed by atoms with Crippen molar-refractivity contribution in [3.8, 4) is 0 Å². The molecule has 94 valence electrons. The lowest BCUT2D eigenvalue weighted by atomic mass is 9.77. The van der Waals surface area contributed by atoms with E-state index in [1.165, 1.54) is 54.4 Å². The van der Waals surface area contributed by atoms with Gasteiger partial charge in [-0.25, -0.2) is 0 Å². The molecular formula is C16H25N. The molecule has 0 aromatic heterocycles. The summed E-state index contributed by atoms with van der Waals surface area (Å²) in [4.78, 5) is 0. The van der Waals surface area contributed by atoms with Crippen LogP contribution in [0.4, 0.5) is 0 Å². The Bertz CT molecular complexity index is 377. The lowest BCUT2D eigenvalue weighted by Crippen LogP contribution is -2.44. The molecule has 1 nitrogen and oxygen atoms in total. The first-order valence-electron chi connectivity index (χ1n) is 6.86. The Hall–Kier alpha value is -0.820. The predicted octanol–water partition coefficient (Wildman–Crippen LogP) is 3.82. The van der Waals surface area contributed by atoms with Crippen molar-refractivity contribution in [3.63, 3.8) is 0 Å². The molecule has 0 saturated heterocycles. The van der Waals surface area contributed by atoms with Crippen LogP contribution in [-0.2, 0) is 6.42 Å². The zero-order valence-corrected chi connectivity index (χ0v) is 11.5. The standard InChI is InChI=1S/C16H25N/c1-12-9-13(2)15(14(3)10-12)11-16(17)7-5-4-6-8-16/h9-10H,4-8,11,17H2,1-3H3. The number of hydrogen-bond donors (Lipinski definition) is 1. The van der Waals surface area contributed by atoms with Crippen LogP contribution >= 0.6 is 0 Å². The lowest BCUT2D eigenvalue weighted by Gasteiger charge is -2.34. The number of benzene rings is 1. The van der Waals surface area contributed by atoms with E-state index in [0.717, 1.165) is 6.42 Å². The number of rotatable bonds is 2. The topological polar surface area (TPSA) is 26.0 Å². The summed E-state index contributed by atoms with van der Waals surface area (Å²) in [5, 5.41) is 0. The van der Waals surface area contributed by atoms with Crippen molar-refractivity contribution in [2.45, 2.75) is 64.8 Å². The SMILES string of the molecule is Cc1cc(C)c(CC2(N)CCCCC2)c(C)c1. The van der Waals surface area contributed by atoms with Gasteiger partial charge in [0.2, 0.25) is 0 Å². The van der Waals surface area contributed by atoms with Gasteiger partial charge in [0, 0.05) is 5.54 Å². The Morgan fingerprint density at radius 3 is 2.06 bits per heavy atom. The summed E-state index contributed by atoms with van der Waals surface area (Å²) < 4.78 is 0. The average molecular weight is 231 g/mol. The van der Waals surface area contributed by atoms with Crippen molar-refractivity contribution in [1.82, 2.24) is 0 Å². The molecule has 1 saturated carbocycles. The van der Waals surface area contributed by atoms with Gasteiger partial charge in [-0.1, -0.05) is 37.0 Å². The highest BCUT2D eigenvalue weighted by atomic mass is 14.7. The molecule has 1 heteroatoms. The summed E-state index contributed by atoms with van der Waals surface area (Å²) in [6.07, 6.45) is 7.43.